The third-order valence-corrected chi connectivity index (χ3v) is 3.29. The molecule has 1 aromatic rings. The Morgan fingerprint density at radius 3 is 3.00 bits per heavy atom. The number of ether oxygens (including phenoxy) is 1. The molecule has 0 bridgehead atoms. The van der Waals surface area contributed by atoms with Gasteiger partial charge in [0.1, 0.15) is 11.9 Å². The van der Waals surface area contributed by atoms with Crippen molar-refractivity contribution in [2.75, 3.05) is 24.6 Å². The van der Waals surface area contributed by atoms with Crippen molar-refractivity contribution in [1.29, 1.82) is 0 Å². The summed E-state index contributed by atoms with van der Waals surface area (Å²) in [7, 11) is 0. The first kappa shape index (κ1) is 13.7. The number of aliphatic carboxylic acids is 1. The summed E-state index contributed by atoms with van der Waals surface area (Å²) in [4.78, 5) is 26.8. The summed E-state index contributed by atoms with van der Waals surface area (Å²) in [5, 5.41) is 19.9. The molecule has 9 heteroatoms. The van der Waals surface area contributed by atoms with Gasteiger partial charge >= 0.3 is 11.7 Å². The van der Waals surface area contributed by atoms with Crippen LogP contribution in [0.1, 0.15) is 0 Å². The van der Waals surface area contributed by atoms with Gasteiger partial charge in [-0.3, -0.25) is 15.1 Å². The zero-order valence-corrected chi connectivity index (χ0v) is 11.2. The lowest BCUT2D eigenvalue weighted by Crippen LogP contribution is -2.46. The van der Waals surface area contributed by atoms with Gasteiger partial charge in [-0.1, -0.05) is 0 Å². The van der Waals surface area contributed by atoms with E-state index in [1.807, 2.05) is 0 Å². The van der Waals surface area contributed by atoms with Crippen molar-refractivity contribution >= 4 is 33.3 Å². The number of hydrogen-bond donors (Lipinski definition) is 1. The maximum atomic E-state index is 11.0. The first-order chi connectivity index (χ1) is 9.00. The summed E-state index contributed by atoms with van der Waals surface area (Å²) in [6, 6.07) is 0. The number of hydrogen-bond acceptors (Lipinski definition) is 6. The van der Waals surface area contributed by atoms with Gasteiger partial charge in [-0.05, 0) is 15.9 Å². The van der Waals surface area contributed by atoms with E-state index in [2.05, 4.69) is 20.9 Å². The number of halogens is 1. The van der Waals surface area contributed by atoms with Crippen molar-refractivity contribution in [3.8, 4) is 0 Å². The second-order valence-corrected chi connectivity index (χ2v) is 4.74. The third kappa shape index (κ3) is 2.82. The van der Waals surface area contributed by atoms with Crippen LogP contribution in [0.25, 0.3) is 0 Å². The molecule has 1 saturated heterocycles. The number of nitrogens with zero attached hydrogens (tertiary/aromatic N) is 3. The van der Waals surface area contributed by atoms with Crippen LogP contribution in [0.2, 0.25) is 0 Å². The maximum absolute atomic E-state index is 11.0. The smallest absolute Gasteiger partial charge is 0.334 e. The Balaban J connectivity index is 2.35. The van der Waals surface area contributed by atoms with Gasteiger partial charge in [-0.25, -0.2) is 4.79 Å². The van der Waals surface area contributed by atoms with E-state index < -0.39 is 17.0 Å². The summed E-state index contributed by atoms with van der Waals surface area (Å²) >= 11 is 3.21. The minimum Gasteiger partial charge on any atom is -0.479 e. The number of morpholine rings is 1. The zero-order chi connectivity index (χ0) is 14.0. The van der Waals surface area contributed by atoms with Crippen molar-refractivity contribution in [3.63, 3.8) is 0 Å². The quantitative estimate of drug-likeness (QED) is 0.651. The van der Waals surface area contributed by atoms with Crippen LogP contribution in [0.4, 0.5) is 11.4 Å². The number of anilines is 1. The van der Waals surface area contributed by atoms with Crippen molar-refractivity contribution in [2.24, 2.45) is 0 Å². The summed E-state index contributed by atoms with van der Waals surface area (Å²) in [6.45, 7) is 0.634. The molecule has 0 saturated carbocycles. The van der Waals surface area contributed by atoms with Gasteiger partial charge < -0.3 is 14.7 Å². The molecule has 1 aliphatic rings. The fourth-order valence-corrected chi connectivity index (χ4v) is 2.44. The van der Waals surface area contributed by atoms with E-state index in [1.165, 1.54) is 6.20 Å². The van der Waals surface area contributed by atoms with Crippen LogP contribution in [0, 0.1) is 10.1 Å². The number of nitro groups is 1. The molecule has 0 spiro atoms. The van der Waals surface area contributed by atoms with Crippen LogP contribution in [-0.4, -0.2) is 46.8 Å². The Morgan fingerprint density at radius 2 is 2.37 bits per heavy atom. The third-order valence-electron chi connectivity index (χ3n) is 2.71. The van der Waals surface area contributed by atoms with Gasteiger partial charge in [0, 0.05) is 12.7 Å². The van der Waals surface area contributed by atoms with Crippen molar-refractivity contribution in [2.45, 2.75) is 6.10 Å². The lowest BCUT2D eigenvalue weighted by atomic mass is 10.2. The molecule has 2 heterocycles. The Kier molecular flexibility index (Phi) is 3.96. The van der Waals surface area contributed by atoms with Crippen molar-refractivity contribution in [3.05, 3.63) is 27.0 Å². The predicted molar refractivity (Wildman–Crippen MR) is 68.2 cm³/mol. The van der Waals surface area contributed by atoms with Crippen LogP contribution in [0.15, 0.2) is 16.9 Å². The maximum Gasteiger partial charge on any atom is 0.334 e. The highest BCUT2D eigenvalue weighted by molar-refractivity contribution is 9.10. The Morgan fingerprint density at radius 1 is 1.63 bits per heavy atom. The summed E-state index contributed by atoms with van der Waals surface area (Å²) < 4.78 is 5.54. The number of carbonyl (C=O) groups is 1. The normalized spacial score (nSPS) is 19.2. The average Bonchev–Trinajstić information content (AvgIpc) is 2.38. The van der Waals surface area contributed by atoms with Gasteiger partial charge in [-0.15, -0.1) is 0 Å². The fraction of sp³-hybridized carbons (Fsp3) is 0.400. The molecular weight excluding hydrogens is 322 g/mol. The van der Waals surface area contributed by atoms with E-state index in [-0.39, 0.29) is 18.8 Å². The van der Waals surface area contributed by atoms with Crippen molar-refractivity contribution < 1.29 is 19.6 Å². The molecule has 1 fully saturated rings. The molecule has 0 amide bonds. The van der Waals surface area contributed by atoms with Crippen LogP contribution in [0.5, 0.6) is 0 Å². The SMILES string of the molecule is O=C(O)C1CN(c2c(Br)cncc2[N+](=O)[O-])CCO1. The second kappa shape index (κ2) is 5.49. The topological polar surface area (TPSA) is 106 Å². The monoisotopic (exact) mass is 331 g/mol. The molecular formula is C10H10BrN3O5. The molecule has 0 radical (unpaired) electrons. The first-order valence-corrected chi connectivity index (χ1v) is 6.17. The van der Waals surface area contributed by atoms with Crippen LogP contribution in [0.3, 0.4) is 0 Å². The van der Waals surface area contributed by atoms with E-state index in [9.17, 15) is 14.9 Å². The van der Waals surface area contributed by atoms with Crippen molar-refractivity contribution in [1.82, 2.24) is 4.98 Å². The standard InChI is InChI=1S/C10H10BrN3O5/c11-6-3-12-4-7(14(17)18)9(6)13-1-2-19-8(5-13)10(15)16/h3-4,8H,1-2,5H2,(H,15,16). The molecule has 1 N–H and O–H groups in total. The number of aromatic nitrogens is 1. The minimum absolute atomic E-state index is 0.0544. The number of pyridine rings is 1. The van der Waals surface area contributed by atoms with Crippen LogP contribution < -0.4 is 4.90 Å². The number of carboxylic acid groups (broad SMARTS) is 1. The largest absolute Gasteiger partial charge is 0.479 e. The number of rotatable bonds is 3. The van der Waals surface area contributed by atoms with Crippen LogP contribution in [-0.2, 0) is 9.53 Å². The zero-order valence-electron chi connectivity index (χ0n) is 9.65. The number of carboxylic acids is 1. The predicted octanol–water partition coefficient (Wildman–Crippen LogP) is 1.04. The lowest BCUT2D eigenvalue weighted by molar-refractivity contribution is -0.384. The van der Waals surface area contributed by atoms with E-state index in [4.69, 9.17) is 9.84 Å². The average molecular weight is 332 g/mol. The first-order valence-electron chi connectivity index (χ1n) is 5.38. The Bertz CT molecular complexity index is 524. The molecule has 0 aliphatic carbocycles. The summed E-state index contributed by atoms with van der Waals surface area (Å²) in [5.41, 5.74) is 0.162. The molecule has 8 nitrogen and oxygen atoms in total. The highest BCUT2D eigenvalue weighted by atomic mass is 79.9. The molecule has 19 heavy (non-hydrogen) atoms. The minimum atomic E-state index is -1.09. The van der Waals surface area contributed by atoms with Gasteiger partial charge in [0.2, 0.25) is 0 Å². The van der Waals surface area contributed by atoms with E-state index >= 15 is 0 Å². The van der Waals surface area contributed by atoms with E-state index in [0.29, 0.717) is 16.7 Å². The molecule has 102 valence electrons. The highest BCUT2D eigenvalue weighted by Crippen LogP contribution is 2.35. The van der Waals surface area contributed by atoms with E-state index in [0.717, 1.165) is 6.20 Å². The Labute approximate surface area is 116 Å². The highest BCUT2D eigenvalue weighted by Gasteiger charge is 2.31. The van der Waals surface area contributed by atoms with Crippen LogP contribution >= 0.6 is 15.9 Å². The van der Waals surface area contributed by atoms with Gasteiger partial charge in [0.05, 0.1) is 22.5 Å². The molecule has 1 unspecified atom stereocenters. The molecule has 1 aromatic heterocycles. The molecule has 1 atom stereocenters. The van der Waals surface area contributed by atoms with Gasteiger partial charge in [-0.2, -0.15) is 0 Å². The fourth-order valence-electron chi connectivity index (χ4n) is 1.87. The summed E-state index contributed by atoms with van der Waals surface area (Å²) in [5.74, 6) is -1.09. The van der Waals surface area contributed by atoms with Gasteiger partial charge in [0.15, 0.2) is 6.10 Å². The lowest BCUT2D eigenvalue weighted by Gasteiger charge is -2.32. The molecule has 2 rings (SSSR count). The van der Waals surface area contributed by atoms with E-state index in [1.54, 1.807) is 4.90 Å². The molecule has 0 aromatic carbocycles. The Hall–Kier alpha value is -1.74. The molecule has 1 aliphatic heterocycles. The second-order valence-electron chi connectivity index (χ2n) is 3.89. The summed E-state index contributed by atoms with van der Waals surface area (Å²) in [6.07, 6.45) is 1.59. The van der Waals surface area contributed by atoms with Gasteiger partial charge in [0.25, 0.3) is 0 Å².